The lowest BCUT2D eigenvalue weighted by Gasteiger charge is -2.12. The van der Waals surface area contributed by atoms with Crippen molar-refractivity contribution in [3.8, 4) is 0 Å². The summed E-state index contributed by atoms with van der Waals surface area (Å²) in [7, 11) is 0. The number of rotatable bonds is 8. The fourth-order valence-electron chi connectivity index (χ4n) is 2.26. The Kier molecular flexibility index (Phi) is 5.47. The van der Waals surface area contributed by atoms with Gasteiger partial charge in [0, 0.05) is 19.3 Å². The van der Waals surface area contributed by atoms with E-state index in [1.807, 2.05) is 31.2 Å². The summed E-state index contributed by atoms with van der Waals surface area (Å²) in [6, 6.07) is 7.59. The molecule has 1 amide bonds. The molecule has 126 valence electrons. The van der Waals surface area contributed by atoms with E-state index < -0.39 is 0 Å². The average molecular weight is 345 g/mol. The van der Waals surface area contributed by atoms with Crippen molar-refractivity contribution in [2.45, 2.75) is 36.8 Å². The topological polar surface area (TPSA) is 85.8 Å². The van der Waals surface area contributed by atoms with Crippen LogP contribution >= 0.6 is 11.8 Å². The first-order valence-electron chi connectivity index (χ1n) is 7.90. The van der Waals surface area contributed by atoms with Crippen molar-refractivity contribution < 1.29 is 9.21 Å². The fourth-order valence-corrected chi connectivity index (χ4v) is 3.15. The van der Waals surface area contributed by atoms with Gasteiger partial charge in [0.2, 0.25) is 5.91 Å². The second kappa shape index (κ2) is 7.96. The van der Waals surface area contributed by atoms with Gasteiger partial charge in [-0.2, -0.15) is 0 Å². The summed E-state index contributed by atoms with van der Waals surface area (Å²) in [6.45, 7) is 3.31. The highest BCUT2D eigenvalue weighted by atomic mass is 32.2. The van der Waals surface area contributed by atoms with Crippen molar-refractivity contribution in [3.05, 3.63) is 36.7 Å². The molecule has 0 aliphatic rings. The number of amides is 1. The Bertz CT molecular complexity index is 754. The highest BCUT2D eigenvalue weighted by molar-refractivity contribution is 8.00. The number of carbonyl (C=O) groups excluding carboxylic acids is 1. The smallest absolute Gasteiger partial charge is 0.257 e. The summed E-state index contributed by atoms with van der Waals surface area (Å²) < 4.78 is 7.42. The summed E-state index contributed by atoms with van der Waals surface area (Å²) in [5, 5.41) is 10.9. The van der Waals surface area contributed by atoms with Crippen molar-refractivity contribution in [2.24, 2.45) is 0 Å². The molecule has 0 saturated carbocycles. The number of nitrogens with zero attached hydrogens (tertiary/aromatic N) is 4. The van der Waals surface area contributed by atoms with Crippen LogP contribution < -0.4 is 5.32 Å². The minimum absolute atomic E-state index is 0.00310. The Hall–Kier alpha value is -2.35. The number of thioether (sulfide) groups is 1. The molecule has 1 N–H and O–H groups in total. The van der Waals surface area contributed by atoms with Crippen LogP contribution in [-0.4, -0.2) is 37.7 Å². The predicted molar refractivity (Wildman–Crippen MR) is 91.6 cm³/mol. The molecule has 2 heterocycles. The van der Waals surface area contributed by atoms with Gasteiger partial charge < -0.3 is 9.73 Å². The van der Waals surface area contributed by atoms with E-state index in [4.69, 9.17) is 4.42 Å². The Morgan fingerprint density at radius 1 is 1.42 bits per heavy atom. The summed E-state index contributed by atoms with van der Waals surface area (Å²) in [4.78, 5) is 16.7. The number of hydrogen-bond donors (Lipinski definition) is 1. The van der Waals surface area contributed by atoms with Crippen LogP contribution in [0.25, 0.3) is 11.1 Å². The van der Waals surface area contributed by atoms with Gasteiger partial charge in [-0.25, -0.2) is 4.98 Å². The molecule has 24 heavy (non-hydrogen) atoms. The molecule has 2 aromatic heterocycles. The molecule has 8 heteroatoms. The molecule has 7 nitrogen and oxygen atoms in total. The van der Waals surface area contributed by atoms with Crippen molar-refractivity contribution >= 4 is 28.8 Å². The molecule has 3 rings (SSSR count). The zero-order valence-corrected chi connectivity index (χ0v) is 14.2. The molecule has 3 aromatic rings. The van der Waals surface area contributed by atoms with Gasteiger partial charge in [-0.05, 0) is 25.0 Å². The summed E-state index contributed by atoms with van der Waals surface area (Å²) in [5.41, 5.74) is 1.55. The minimum atomic E-state index is -0.218. The number of fused-ring (bicyclic) bond motifs is 1. The second-order valence-corrected chi connectivity index (χ2v) is 6.43. The maximum absolute atomic E-state index is 12.3. The molecular formula is C16H19N5O2S. The molecule has 0 aliphatic carbocycles. The van der Waals surface area contributed by atoms with Crippen LogP contribution in [0.3, 0.4) is 0 Å². The van der Waals surface area contributed by atoms with E-state index in [2.05, 4.69) is 20.6 Å². The van der Waals surface area contributed by atoms with Gasteiger partial charge >= 0.3 is 0 Å². The lowest BCUT2D eigenvalue weighted by atomic mass is 10.3. The minimum Gasteiger partial charge on any atom is -0.431 e. The van der Waals surface area contributed by atoms with Gasteiger partial charge in [0.1, 0.15) is 5.52 Å². The van der Waals surface area contributed by atoms with Gasteiger partial charge in [-0.1, -0.05) is 36.0 Å². The predicted octanol–water partition coefficient (Wildman–Crippen LogP) is 2.50. The molecule has 0 spiro atoms. The molecule has 0 bridgehead atoms. The SMILES string of the molecule is CC[C@@H](Sc1nc2ccccc2o1)C(=O)NCCCn1ccnn1. The van der Waals surface area contributed by atoms with Crippen LogP contribution in [0.5, 0.6) is 0 Å². The van der Waals surface area contributed by atoms with E-state index in [-0.39, 0.29) is 11.2 Å². The Balaban J connectivity index is 1.50. The molecule has 0 fully saturated rings. The lowest BCUT2D eigenvalue weighted by molar-refractivity contribution is -0.120. The number of carbonyl (C=O) groups is 1. The largest absolute Gasteiger partial charge is 0.431 e. The van der Waals surface area contributed by atoms with Crippen LogP contribution in [0.2, 0.25) is 0 Å². The Morgan fingerprint density at radius 3 is 3.04 bits per heavy atom. The van der Waals surface area contributed by atoms with Crippen molar-refractivity contribution in [3.63, 3.8) is 0 Å². The van der Waals surface area contributed by atoms with Crippen LogP contribution in [0.1, 0.15) is 19.8 Å². The number of aromatic nitrogens is 4. The third-order valence-corrected chi connectivity index (χ3v) is 4.72. The van der Waals surface area contributed by atoms with E-state index in [0.29, 0.717) is 18.2 Å². The monoisotopic (exact) mass is 345 g/mol. The second-order valence-electron chi connectivity index (χ2n) is 5.27. The number of para-hydroxylation sites is 2. The molecule has 0 unspecified atom stereocenters. The van der Waals surface area contributed by atoms with E-state index in [0.717, 1.165) is 24.1 Å². The van der Waals surface area contributed by atoms with Gasteiger partial charge in [0.05, 0.1) is 11.4 Å². The number of hydrogen-bond acceptors (Lipinski definition) is 6. The highest BCUT2D eigenvalue weighted by Gasteiger charge is 2.20. The van der Waals surface area contributed by atoms with Crippen molar-refractivity contribution in [2.75, 3.05) is 6.54 Å². The first-order chi connectivity index (χ1) is 11.8. The van der Waals surface area contributed by atoms with Crippen molar-refractivity contribution in [1.29, 1.82) is 0 Å². The number of benzene rings is 1. The summed E-state index contributed by atoms with van der Waals surface area (Å²) >= 11 is 1.36. The quantitative estimate of drug-likeness (QED) is 0.499. The summed E-state index contributed by atoms with van der Waals surface area (Å²) in [6.07, 6.45) is 4.96. The number of oxazole rings is 1. The van der Waals surface area contributed by atoms with Crippen molar-refractivity contribution in [1.82, 2.24) is 25.3 Å². The molecule has 1 atom stereocenters. The molecule has 1 aromatic carbocycles. The Morgan fingerprint density at radius 2 is 2.29 bits per heavy atom. The number of aryl methyl sites for hydroxylation is 1. The maximum atomic E-state index is 12.3. The molecule has 0 saturated heterocycles. The van der Waals surface area contributed by atoms with Gasteiger partial charge in [0.25, 0.3) is 5.22 Å². The highest BCUT2D eigenvalue weighted by Crippen LogP contribution is 2.28. The standard InChI is InChI=1S/C16H19N5O2S/c1-2-14(15(22)17-8-5-10-21-11-9-18-20-21)24-16-19-12-6-3-4-7-13(12)23-16/h3-4,6-7,9,11,14H,2,5,8,10H2,1H3,(H,17,22)/t14-/m1/s1. The Labute approximate surface area is 143 Å². The first kappa shape index (κ1) is 16.5. The zero-order chi connectivity index (χ0) is 16.8. The maximum Gasteiger partial charge on any atom is 0.257 e. The number of nitrogens with one attached hydrogen (secondary N) is 1. The van der Waals surface area contributed by atoms with Crippen LogP contribution in [0.4, 0.5) is 0 Å². The molecule has 0 aliphatic heterocycles. The van der Waals surface area contributed by atoms with Gasteiger partial charge in [0.15, 0.2) is 5.58 Å². The average Bonchev–Trinajstić information content (AvgIpc) is 3.25. The van der Waals surface area contributed by atoms with Crippen LogP contribution in [-0.2, 0) is 11.3 Å². The van der Waals surface area contributed by atoms with E-state index in [1.165, 1.54) is 11.8 Å². The fraction of sp³-hybridized carbons (Fsp3) is 0.375. The van der Waals surface area contributed by atoms with E-state index >= 15 is 0 Å². The lowest BCUT2D eigenvalue weighted by Crippen LogP contribution is -2.33. The van der Waals surface area contributed by atoms with Crippen LogP contribution in [0, 0.1) is 0 Å². The molecular weight excluding hydrogens is 326 g/mol. The van der Waals surface area contributed by atoms with Gasteiger partial charge in [-0.15, -0.1) is 5.10 Å². The van der Waals surface area contributed by atoms with E-state index in [1.54, 1.807) is 17.1 Å². The van der Waals surface area contributed by atoms with Crippen LogP contribution in [0.15, 0.2) is 46.3 Å². The third-order valence-electron chi connectivity index (χ3n) is 3.52. The van der Waals surface area contributed by atoms with E-state index in [9.17, 15) is 4.79 Å². The molecule has 0 radical (unpaired) electrons. The third kappa shape index (κ3) is 4.14. The summed E-state index contributed by atoms with van der Waals surface area (Å²) in [5.74, 6) is 0.00310. The zero-order valence-electron chi connectivity index (χ0n) is 13.4. The van der Waals surface area contributed by atoms with Gasteiger partial charge in [-0.3, -0.25) is 9.48 Å². The normalized spacial score (nSPS) is 12.4. The first-order valence-corrected chi connectivity index (χ1v) is 8.78.